The van der Waals surface area contributed by atoms with Crippen LogP contribution in [0.5, 0.6) is 0 Å². The highest BCUT2D eigenvalue weighted by Crippen LogP contribution is 2.16. The number of hydrogen-bond acceptors (Lipinski definition) is 7. The highest BCUT2D eigenvalue weighted by atomic mass is 16.3. The predicted molar refractivity (Wildman–Crippen MR) is 216 cm³/mol. The minimum Gasteiger partial charge on any atom is -0.389 e. The number of carbonyl (C=O) groups is 4. The van der Waals surface area contributed by atoms with Crippen molar-refractivity contribution in [3.8, 4) is 0 Å². The third kappa shape index (κ3) is 13.2. The van der Waals surface area contributed by atoms with Gasteiger partial charge in [-0.25, -0.2) is 9.59 Å². The lowest BCUT2D eigenvalue weighted by molar-refractivity contribution is -0.126. The molecule has 6 amide bonds. The van der Waals surface area contributed by atoms with Gasteiger partial charge in [0.05, 0.1) is 42.7 Å². The van der Waals surface area contributed by atoms with E-state index in [1.54, 1.807) is 38.6 Å². The molecule has 56 heavy (non-hydrogen) atoms. The van der Waals surface area contributed by atoms with E-state index in [-0.39, 0.29) is 37.8 Å². The smallest absolute Gasteiger partial charge is 0.318 e. The van der Waals surface area contributed by atoms with Crippen LogP contribution in [-0.2, 0) is 35.5 Å². The Morgan fingerprint density at radius 2 is 0.911 bits per heavy atom. The fourth-order valence-corrected chi connectivity index (χ4v) is 6.25. The van der Waals surface area contributed by atoms with Crippen LogP contribution in [0.3, 0.4) is 0 Å². The maximum Gasteiger partial charge on any atom is 0.318 e. The van der Waals surface area contributed by atoms with Gasteiger partial charge in [-0.05, 0) is 60.1 Å². The Morgan fingerprint density at radius 1 is 0.554 bits per heavy atom. The van der Waals surface area contributed by atoms with Gasteiger partial charge >= 0.3 is 12.1 Å². The first-order chi connectivity index (χ1) is 26.8. The van der Waals surface area contributed by atoms with Gasteiger partial charge in [0.1, 0.15) is 12.1 Å². The van der Waals surface area contributed by atoms with E-state index >= 15 is 0 Å². The molecule has 0 saturated carbocycles. The van der Waals surface area contributed by atoms with E-state index in [2.05, 4.69) is 31.2 Å². The van der Waals surface area contributed by atoms with Crippen LogP contribution in [0, 0.1) is 11.8 Å². The Kier molecular flexibility index (Phi) is 16.3. The fourth-order valence-electron chi connectivity index (χ4n) is 6.25. The van der Waals surface area contributed by atoms with Gasteiger partial charge in [-0.2, -0.15) is 0 Å². The van der Waals surface area contributed by atoms with Gasteiger partial charge in [-0.1, -0.05) is 100 Å². The summed E-state index contributed by atoms with van der Waals surface area (Å²) in [5.74, 6) is -1.56. The third-order valence-corrected chi connectivity index (χ3v) is 9.48. The molecule has 0 saturated heterocycles. The van der Waals surface area contributed by atoms with Gasteiger partial charge < -0.3 is 36.2 Å². The largest absolute Gasteiger partial charge is 0.389 e. The average molecular weight is 765 g/mol. The molecule has 13 heteroatoms. The molecule has 0 radical (unpaired) electrons. The Balaban J connectivity index is 1.57. The van der Waals surface area contributed by atoms with E-state index in [9.17, 15) is 24.3 Å². The molecule has 4 aromatic rings. The van der Waals surface area contributed by atoms with Crippen LogP contribution in [0.4, 0.5) is 9.59 Å². The Morgan fingerprint density at radius 3 is 1.23 bits per heavy atom. The predicted octanol–water partition coefficient (Wildman–Crippen LogP) is 4.32. The van der Waals surface area contributed by atoms with Gasteiger partial charge in [0.25, 0.3) is 0 Å². The molecule has 4 rings (SSSR count). The van der Waals surface area contributed by atoms with Crippen molar-refractivity contribution in [1.29, 1.82) is 0 Å². The minimum absolute atomic E-state index is 0.232. The quantitative estimate of drug-likeness (QED) is 0.101. The number of benzene rings is 2. The Bertz CT molecular complexity index is 1680. The van der Waals surface area contributed by atoms with Crippen molar-refractivity contribution in [3.05, 3.63) is 132 Å². The van der Waals surface area contributed by atoms with Crippen LogP contribution in [0.1, 0.15) is 50.2 Å². The second-order valence-electron chi connectivity index (χ2n) is 14.8. The van der Waals surface area contributed by atoms with Crippen LogP contribution in [0.15, 0.2) is 109 Å². The van der Waals surface area contributed by atoms with Gasteiger partial charge in [0.2, 0.25) is 11.8 Å². The first-order valence-electron chi connectivity index (χ1n) is 19.0. The van der Waals surface area contributed by atoms with Gasteiger partial charge in [-0.3, -0.25) is 19.6 Å². The number of amides is 6. The Labute approximate surface area is 330 Å². The van der Waals surface area contributed by atoms with Crippen molar-refractivity contribution in [3.63, 3.8) is 0 Å². The van der Waals surface area contributed by atoms with E-state index in [0.717, 1.165) is 11.1 Å². The zero-order chi connectivity index (χ0) is 40.6. The molecule has 5 N–H and O–H groups in total. The van der Waals surface area contributed by atoms with Crippen molar-refractivity contribution >= 4 is 23.9 Å². The van der Waals surface area contributed by atoms with Crippen molar-refractivity contribution in [2.75, 3.05) is 14.1 Å². The third-order valence-electron chi connectivity index (χ3n) is 9.48. The minimum atomic E-state index is -1.30. The summed E-state index contributed by atoms with van der Waals surface area (Å²) in [7, 11) is 3.26. The summed E-state index contributed by atoms with van der Waals surface area (Å²) in [6, 6.07) is 25.2. The van der Waals surface area contributed by atoms with Crippen LogP contribution in [0.25, 0.3) is 0 Å². The molecule has 298 valence electrons. The lowest BCUT2D eigenvalue weighted by Crippen LogP contribution is -2.62. The van der Waals surface area contributed by atoms with Crippen molar-refractivity contribution in [2.45, 2.75) is 83.9 Å². The monoisotopic (exact) mass is 764 g/mol. The van der Waals surface area contributed by atoms with E-state index in [1.165, 1.54) is 9.80 Å². The number of pyridine rings is 2. The summed E-state index contributed by atoms with van der Waals surface area (Å²) < 4.78 is 0. The molecule has 0 bridgehead atoms. The average Bonchev–Trinajstić information content (AvgIpc) is 3.19. The van der Waals surface area contributed by atoms with Gasteiger partial charge in [0.15, 0.2) is 0 Å². The van der Waals surface area contributed by atoms with Crippen LogP contribution >= 0.6 is 0 Å². The van der Waals surface area contributed by atoms with Crippen LogP contribution in [0.2, 0.25) is 0 Å². The molecular formula is C43H56N8O5. The SMILES string of the molecule is CC(C)[C@H](NC(=O)N(C)Cc1ccccn1)C(=O)N[C@@H](Cc1ccccc1)C(O)[C@H](Cc1ccccc1)NC(=O)[C@H](NC(=O)N(C)Cc1ccccn1)C(C)C. The summed E-state index contributed by atoms with van der Waals surface area (Å²) in [6.45, 7) is 7.81. The molecule has 13 nitrogen and oxygen atoms in total. The summed E-state index contributed by atoms with van der Waals surface area (Å²) in [5.41, 5.74) is 3.10. The lowest BCUT2D eigenvalue weighted by Gasteiger charge is -2.34. The molecular weight excluding hydrogens is 709 g/mol. The normalized spacial score (nSPS) is 13.8. The molecule has 0 aliphatic carbocycles. The zero-order valence-electron chi connectivity index (χ0n) is 33.1. The number of nitrogens with zero attached hydrogens (tertiary/aromatic N) is 4. The highest BCUT2D eigenvalue weighted by Gasteiger charge is 2.36. The first-order valence-corrected chi connectivity index (χ1v) is 19.0. The van der Waals surface area contributed by atoms with Gasteiger partial charge in [-0.15, -0.1) is 0 Å². The molecule has 0 fully saturated rings. The molecule has 1 unspecified atom stereocenters. The van der Waals surface area contributed by atoms with Gasteiger partial charge in [0, 0.05) is 26.5 Å². The maximum atomic E-state index is 14.1. The zero-order valence-corrected chi connectivity index (χ0v) is 33.1. The molecule has 5 atom stereocenters. The lowest BCUT2D eigenvalue weighted by atomic mass is 9.91. The topological polar surface area (TPSA) is 169 Å². The number of aromatic nitrogens is 2. The number of nitrogens with one attached hydrogen (secondary N) is 4. The number of urea groups is 2. The summed E-state index contributed by atoms with van der Waals surface area (Å²) in [6.07, 6.45) is 2.47. The number of hydrogen-bond donors (Lipinski definition) is 5. The van der Waals surface area contributed by atoms with E-state index in [1.807, 2.05) is 113 Å². The maximum absolute atomic E-state index is 14.1. The molecule has 0 spiro atoms. The number of carbonyl (C=O) groups excluding carboxylic acids is 4. The molecule has 2 heterocycles. The summed E-state index contributed by atoms with van der Waals surface area (Å²) >= 11 is 0. The second-order valence-corrected chi connectivity index (χ2v) is 14.8. The summed E-state index contributed by atoms with van der Waals surface area (Å²) in [4.78, 5) is 66.3. The highest BCUT2D eigenvalue weighted by molar-refractivity contribution is 5.88. The number of rotatable bonds is 18. The number of aliphatic hydroxyl groups is 1. The molecule has 2 aromatic heterocycles. The second kappa shape index (κ2) is 21.3. The van der Waals surface area contributed by atoms with E-state index in [0.29, 0.717) is 11.4 Å². The van der Waals surface area contributed by atoms with Crippen LogP contribution < -0.4 is 21.3 Å². The molecule has 2 aromatic carbocycles. The van der Waals surface area contributed by atoms with Crippen molar-refractivity contribution in [1.82, 2.24) is 41.0 Å². The van der Waals surface area contributed by atoms with E-state index < -0.39 is 54.1 Å². The van der Waals surface area contributed by atoms with E-state index in [4.69, 9.17) is 0 Å². The first kappa shape index (κ1) is 42.9. The molecule has 0 aliphatic rings. The molecule has 0 aliphatic heterocycles. The summed E-state index contributed by atoms with van der Waals surface area (Å²) in [5, 5.41) is 24.1. The number of aliphatic hydroxyl groups excluding tert-OH is 1. The van der Waals surface area contributed by atoms with Crippen molar-refractivity contribution in [2.24, 2.45) is 11.8 Å². The van der Waals surface area contributed by atoms with Crippen molar-refractivity contribution < 1.29 is 24.3 Å². The fraction of sp³-hybridized carbons (Fsp3) is 0.395. The Hall–Kier alpha value is -5.82. The van der Waals surface area contributed by atoms with Crippen LogP contribution in [-0.4, -0.2) is 93.1 Å². The standard InChI is InChI=1S/C43H56N8O5/c1-29(2)37(48-42(55)50(5)27-33-21-13-15-23-44-33)40(53)46-35(25-31-17-9-7-10-18-31)39(52)36(26-32-19-11-8-12-20-32)47-41(54)38(30(3)4)49-43(56)51(6)28-34-22-14-16-24-45-34/h7-24,29-30,35-39,52H,25-28H2,1-6H3,(H,46,53)(H,47,54)(H,48,55)(H,49,56)/t35-,36-,37-,38+,39?/m0/s1.